The molecule has 5 nitrogen and oxygen atoms in total. The Labute approximate surface area is 157 Å². The molecule has 1 aromatic carbocycles. The summed E-state index contributed by atoms with van der Waals surface area (Å²) in [4.78, 5) is 24.8. The number of aliphatic carboxylic acids is 1. The fourth-order valence-corrected chi connectivity index (χ4v) is 3.47. The van der Waals surface area contributed by atoms with Crippen LogP contribution in [0.15, 0.2) is 18.2 Å². The monoisotopic (exact) mass is 387 g/mol. The molecule has 0 radical (unpaired) electrons. The molecule has 25 heavy (non-hydrogen) atoms. The van der Waals surface area contributed by atoms with Crippen LogP contribution < -0.4 is 4.74 Å². The largest absolute Gasteiger partial charge is 0.492 e. The number of ether oxygens (including phenoxy) is 1. The van der Waals surface area contributed by atoms with Crippen LogP contribution in [0, 0.1) is 5.92 Å². The number of carboxylic acids is 1. The highest BCUT2D eigenvalue weighted by Gasteiger charge is 2.23. The summed E-state index contributed by atoms with van der Waals surface area (Å²) in [6.07, 6.45) is 3.76. The van der Waals surface area contributed by atoms with Crippen LogP contribution in [0.1, 0.15) is 38.5 Å². The summed E-state index contributed by atoms with van der Waals surface area (Å²) < 4.78 is 5.59. The van der Waals surface area contributed by atoms with Crippen LogP contribution in [-0.2, 0) is 9.59 Å². The number of halogens is 2. The van der Waals surface area contributed by atoms with Gasteiger partial charge in [-0.2, -0.15) is 0 Å². The summed E-state index contributed by atoms with van der Waals surface area (Å²) in [6.45, 7) is 1.83. The third kappa shape index (κ3) is 6.75. The molecular formula is C18H23Cl2NO4. The lowest BCUT2D eigenvalue weighted by Gasteiger charge is -2.32. The van der Waals surface area contributed by atoms with Gasteiger partial charge in [-0.05, 0) is 49.8 Å². The van der Waals surface area contributed by atoms with E-state index >= 15 is 0 Å². The van der Waals surface area contributed by atoms with Crippen molar-refractivity contribution < 1.29 is 19.4 Å². The first-order valence-electron chi connectivity index (χ1n) is 8.53. The maximum atomic E-state index is 12.3. The molecule has 0 bridgehead atoms. The van der Waals surface area contributed by atoms with E-state index in [2.05, 4.69) is 0 Å². The molecule has 1 heterocycles. The van der Waals surface area contributed by atoms with Gasteiger partial charge >= 0.3 is 5.97 Å². The van der Waals surface area contributed by atoms with E-state index in [1.807, 2.05) is 4.90 Å². The summed E-state index contributed by atoms with van der Waals surface area (Å²) in [6, 6.07) is 5.04. The first-order chi connectivity index (χ1) is 12.0. The third-order valence-corrected chi connectivity index (χ3v) is 4.86. The molecule has 1 N–H and O–H groups in total. The quantitative estimate of drug-likeness (QED) is 0.676. The molecule has 0 aliphatic carbocycles. The lowest BCUT2D eigenvalue weighted by atomic mass is 9.93. The smallest absolute Gasteiger partial charge is 0.303 e. The summed E-state index contributed by atoms with van der Waals surface area (Å²) in [7, 11) is 0. The van der Waals surface area contributed by atoms with Gasteiger partial charge in [-0.1, -0.05) is 23.2 Å². The average molecular weight is 388 g/mol. The van der Waals surface area contributed by atoms with Crippen LogP contribution in [-0.4, -0.2) is 41.6 Å². The van der Waals surface area contributed by atoms with Gasteiger partial charge in [-0.3, -0.25) is 9.59 Å². The maximum absolute atomic E-state index is 12.3. The molecule has 1 amide bonds. The summed E-state index contributed by atoms with van der Waals surface area (Å²) in [5.41, 5.74) is 0. The first kappa shape index (κ1) is 19.9. The number of amides is 1. The molecule has 138 valence electrons. The van der Waals surface area contributed by atoms with Crippen LogP contribution >= 0.6 is 23.2 Å². The van der Waals surface area contributed by atoms with Crippen molar-refractivity contribution in [3.8, 4) is 5.75 Å². The Morgan fingerprint density at radius 2 is 2.08 bits per heavy atom. The number of rotatable bonds is 8. The Balaban J connectivity index is 1.69. The highest BCUT2D eigenvalue weighted by atomic mass is 35.5. The lowest BCUT2D eigenvalue weighted by Crippen LogP contribution is -2.40. The van der Waals surface area contributed by atoms with Gasteiger partial charge in [0.1, 0.15) is 5.75 Å². The Kier molecular flexibility index (Phi) is 7.85. The van der Waals surface area contributed by atoms with E-state index in [0.29, 0.717) is 48.2 Å². The van der Waals surface area contributed by atoms with Crippen molar-refractivity contribution in [2.24, 2.45) is 5.92 Å². The summed E-state index contributed by atoms with van der Waals surface area (Å²) >= 11 is 11.9. The highest BCUT2D eigenvalue weighted by Crippen LogP contribution is 2.27. The van der Waals surface area contributed by atoms with Crippen molar-refractivity contribution in [2.75, 3.05) is 19.7 Å². The molecular weight excluding hydrogens is 365 g/mol. The molecule has 1 fully saturated rings. The minimum atomic E-state index is -0.776. The van der Waals surface area contributed by atoms with Gasteiger partial charge in [-0.15, -0.1) is 0 Å². The SMILES string of the molecule is O=C(O)CCC1CCCN(C(=O)CCCOc2ccc(Cl)cc2Cl)C1. The van der Waals surface area contributed by atoms with Crippen molar-refractivity contribution in [2.45, 2.75) is 38.5 Å². The van der Waals surface area contributed by atoms with Gasteiger partial charge in [0, 0.05) is 31.0 Å². The zero-order valence-corrected chi connectivity index (χ0v) is 15.6. The number of carboxylic acid groups (broad SMARTS) is 1. The average Bonchev–Trinajstić information content (AvgIpc) is 2.58. The Morgan fingerprint density at radius 3 is 2.80 bits per heavy atom. The number of hydrogen-bond donors (Lipinski definition) is 1. The van der Waals surface area contributed by atoms with Crippen LogP contribution in [0.5, 0.6) is 5.75 Å². The van der Waals surface area contributed by atoms with Crippen molar-refractivity contribution in [3.63, 3.8) is 0 Å². The third-order valence-electron chi connectivity index (χ3n) is 4.32. The zero-order chi connectivity index (χ0) is 18.2. The fraction of sp³-hybridized carbons (Fsp3) is 0.556. The topological polar surface area (TPSA) is 66.8 Å². The van der Waals surface area contributed by atoms with Crippen molar-refractivity contribution in [1.82, 2.24) is 4.90 Å². The fourth-order valence-electron chi connectivity index (χ4n) is 3.01. The van der Waals surface area contributed by atoms with Crippen LogP contribution in [0.2, 0.25) is 10.0 Å². The minimum Gasteiger partial charge on any atom is -0.492 e. The van der Waals surface area contributed by atoms with Gasteiger partial charge in [0.05, 0.1) is 11.6 Å². The second-order valence-electron chi connectivity index (χ2n) is 6.31. The van der Waals surface area contributed by atoms with Crippen LogP contribution in [0.3, 0.4) is 0 Å². The van der Waals surface area contributed by atoms with E-state index in [0.717, 1.165) is 19.4 Å². The molecule has 1 atom stereocenters. The van der Waals surface area contributed by atoms with Crippen LogP contribution in [0.25, 0.3) is 0 Å². The second-order valence-corrected chi connectivity index (χ2v) is 7.15. The molecule has 1 unspecified atom stereocenters. The standard InChI is InChI=1S/C18H23Cl2NO4/c19-14-6-7-16(15(20)11-14)25-10-2-4-17(22)21-9-1-3-13(12-21)5-8-18(23)24/h6-7,11,13H,1-5,8-10,12H2,(H,23,24). The van der Waals surface area contributed by atoms with Crippen molar-refractivity contribution in [1.29, 1.82) is 0 Å². The number of benzene rings is 1. The summed E-state index contributed by atoms with van der Waals surface area (Å²) in [5.74, 6) is 0.176. The second kappa shape index (κ2) is 9.88. The van der Waals surface area contributed by atoms with Crippen LogP contribution in [0.4, 0.5) is 0 Å². The molecule has 1 aromatic rings. The molecule has 0 spiro atoms. The van der Waals surface area contributed by atoms with Gasteiger partial charge in [-0.25, -0.2) is 0 Å². The lowest BCUT2D eigenvalue weighted by molar-refractivity contribution is -0.137. The van der Waals surface area contributed by atoms with E-state index in [4.69, 9.17) is 33.0 Å². The van der Waals surface area contributed by atoms with Crippen molar-refractivity contribution >= 4 is 35.1 Å². The molecule has 1 aliphatic rings. The van der Waals surface area contributed by atoms with E-state index < -0.39 is 5.97 Å². The number of carbonyl (C=O) groups excluding carboxylic acids is 1. The molecule has 1 aliphatic heterocycles. The molecule has 1 saturated heterocycles. The number of piperidine rings is 1. The maximum Gasteiger partial charge on any atom is 0.303 e. The van der Waals surface area contributed by atoms with Gasteiger partial charge < -0.3 is 14.7 Å². The number of carbonyl (C=O) groups is 2. The van der Waals surface area contributed by atoms with E-state index in [-0.39, 0.29) is 18.2 Å². The number of nitrogens with zero attached hydrogens (tertiary/aromatic N) is 1. The predicted molar refractivity (Wildman–Crippen MR) is 97.4 cm³/mol. The van der Waals surface area contributed by atoms with E-state index in [1.165, 1.54) is 0 Å². The van der Waals surface area contributed by atoms with Gasteiger partial charge in [0.25, 0.3) is 0 Å². The van der Waals surface area contributed by atoms with Gasteiger partial charge in [0.15, 0.2) is 0 Å². The minimum absolute atomic E-state index is 0.103. The van der Waals surface area contributed by atoms with E-state index in [9.17, 15) is 9.59 Å². The predicted octanol–water partition coefficient (Wildman–Crippen LogP) is 4.26. The van der Waals surface area contributed by atoms with E-state index in [1.54, 1.807) is 18.2 Å². The summed E-state index contributed by atoms with van der Waals surface area (Å²) in [5, 5.41) is 9.79. The molecule has 2 rings (SSSR count). The molecule has 0 saturated carbocycles. The Morgan fingerprint density at radius 1 is 1.28 bits per heavy atom. The zero-order valence-electron chi connectivity index (χ0n) is 14.0. The number of likely N-dealkylation sites (tertiary alicyclic amines) is 1. The molecule has 7 heteroatoms. The highest BCUT2D eigenvalue weighted by molar-refractivity contribution is 6.35. The van der Waals surface area contributed by atoms with Gasteiger partial charge in [0.2, 0.25) is 5.91 Å². The Bertz CT molecular complexity index is 609. The Hall–Kier alpha value is -1.46. The molecule has 0 aromatic heterocycles. The van der Waals surface area contributed by atoms with Crippen molar-refractivity contribution in [3.05, 3.63) is 28.2 Å². The number of hydrogen-bond acceptors (Lipinski definition) is 3. The normalized spacial score (nSPS) is 17.4. The first-order valence-corrected chi connectivity index (χ1v) is 9.28.